The number of methoxy groups -OCH3 is 1. The fourth-order valence-electron chi connectivity index (χ4n) is 2.88. The topological polar surface area (TPSA) is 125 Å². The predicted molar refractivity (Wildman–Crippen MR) is 116 cm³/mol. The number of thioether (sulfide) groups is 1. The number of furan rings is 1. The van der Waals surface area contributed by atoms with Crippen LogP contribution >= 0.6 is 11.8 Å². The van der Waals surface area contributed by atoms with Crippen LogP contribution in [0.25, 0.3) is 0 Å². The van der Waals surface area contributed by atoms with Gasteiger partial charge in [-0.1, -0.05) is 23.9 Å². The highest BCUT2D eigenvalue weighted by molar-refractivity contribution is 7.99. The van der Waals surface area contributed by atoms with Gasteiger partial charge in [-0.3, -0.25) is 14.2 Å². The molecule has 2 amide bonds. The molecular formula is C21H25N5O4S. The third kappa shape index (κ3) is 6.88. The third-order valence-corrected chi connectivity index (χ3v) is 5.48. The van der Waals surface area contributed by atoms with Gasteiger partial charge in [-0.15, -0.1) is 10.2 Å². The molecule has 0 atom stereocenters. The van der Waals surface area contributed by atoms with Crippen molar-refractivity contribution in [2.45, 2.75) is 31.0 Å². The molecule has 0 radical (unpaired) electrons. The van der Waals surface area contributed by atoms with Gasteiger partial charge in [0.1, 0.15) is 17.3 Å². The highest BCUT2D eigenvalue weighted by Crippen LogP contribution is 2.20. The summed E-state index contributed by atoms with van der Waals surface area (Å²) in [5.74, 6) is 1.86. The first-order valence-corrected chi connectivity index (χ1v) is 10.8. The molecule has 0 aliphatic heterocycles. The summed E-state index contributed by atoms with van der Waals surface area (Å²) in [5, 5.41) is 11.8. The molecule has 164 valence electrons. The van der Waals surface area contributed by atoms with Gasteiger partial charge in [-0.2, -0.15) is 0 Å². The van der Waals surface area contributed by atoms with E-state index in [1.807, 2.05) is 34.9 Å². The minimum atomic E-state index is -0.405. The summed E-state index contributed by atoms with van der Waals surface area (Å²) < 4.78 is 12.4. The number of nitrogens with one attached hydrogen (secondary N) is 1. The van der Waals surface area contributed by atoms with Gasteiger partial charge in [0.15, 0.2) is 5.16 Å². The minimum Gasteiger partial charge on any atom is -0.497 e. The van der Waals surface area contributed by atoms with Crippen LogP contribution in [0.1, 0.15) is 23.6 Å². The van der Waals surface area contributed by atoms with Crippen LogP contribution in [0.5, 0.6) is 5.75 Å². The molecule has 3 N–H and O–H groups in total. The molecule has 0 aliphatic rings. The average Bonchev–Trinajstić information content (AvgIpc) is 3.41. The summed E-state index contributed by atoms with van der Waals surface area (Å²) in [7, 11) is 1.63. The Hall–Kier alpha value is -3.27. The number of nitrogens with two attached hydrogens (primary N) is 1. The lowest BCUT2D eigenvalue weighted by Crippen LogP contribution is -2.27. The van der Waals surface area contributed by atoms with E-state index in [0.29, 0.717) is 30.5 Å². The fraction of sp³-hybridized carbons (Fsp3) is 0.333. The standard InChI is InChI=1S/C21H25N5O4S/c1-29-16-6-4-15(5-7-16)10-11-23-20(28)14-31-21-25-24-19(9-8-18(22)27)26(21)13-17-3-2-12-30-17/h2-7,12H,8-11,13-14H2,1H3,(H2,22,27)(H,23,28). The van der Waals surface area contributed by atoms with Crippen LogP contribution in [0.3, 0.4) is 0 Å². The first-order chi connectivity index (χ1) is 15.0. The molecule has 1 aromatic carbocycles. The summed E-state index contributed by atoms with van der Waals surface area (Å²) in [6.07, 6.45) is 2.86. The monoisotopic (exact) mass is 443 g/mol. The molecular weight excluding hydrogens is 418 g/mol. The zero-order valence-corrected chi connectivity index (χ0v) is 18.1. The number of aromatic nitrogens is 3. The highest BCUT2D eigenvalue weighted by Gasteiger charge is 2.16. The number of hydrogen-bond donors (Lipinski definition) is 2. The van der Waals surface area contributed by atoms with Gasteiger partial charge in [0.25, 0.3) is 0 Å². The number of aryl methyl sites for hydroxylation is 1. The largest absolute Gasteiger partial charge is 0.497 e. The Morgan fingerprint density at radius 3 is 2.68 bits per heavy atom. The molecule has 0 bridgehead atoms. The van der Waals surface area contributed by atoms with Crippen molar-refractivity contribution in [1.82, 2.24) is 20.1 Å². The number of benzene rings is 1. The van der Waals surface area contributed by atoms with Gasteiger partial charge in [0, 0.05) is 19.4 Å². The number of nitrogens with zero attached hydrogens (tertiary/aromatic N) is 3. The van der Waals surface area contributed by atoms with Gasteiger partial charge in [0.05, 0.1) is 25.7 Å². The Bertz CT molecular complexity index is 986. The zero-order chi connectivity index (χ0) is 22.1. The van der Waals surface area contributed by atoms with Crippen LogP contribution in [0.4, 0.5) is 0 Å². The second kappa shape index (κ2) is 11.2. The molecule has 10 heteroatoms. The molecule has 3 aromatic rings. The lowest BCUT2D eigenvalue weighted by Gasteiger charge is -2.09. The number of carbonyl (C=O) groups is 2. The first-order valence-electron chi connectivity index (χ1n) is 9.80. The van der Waals surface area contributed by atoms with Crippen molar-refractivity contribution >= 4 is 23.6 Å². The summed E-state index contributed by atoms with van der Waals surface area (Å²) in [4.78, 5) is 23.4. The lowest BCUT2D eigenvalue weighted by atomic mass is 10.1. The van der Waals surface area contributed by atoms with Gasteiger partial charge < -0.3 is 20.2 Å². The molecule has 0 spiro atoms. The van der Waals surface area contributed by atoms with Crippen LogP contribution in [0.2, 0.25) is 0 Å². The number of hydrogen-bond acceptors (Lipinski definition) is 7. The van der Waals surface area contributed by atoms with E-state index in [1.165, 1.54) is 11.8 Å². The average molecular weight is 444 g/mol. The number of carbonyl (C=O) groups excluding carboxylic acids is 2. The quantitative estimate of drug-likeness (QED) is 0.409. The Morgan fingerprint density at radius 1 is 1.19 bits per heavy atom. The molecule has 0 saturated heterocycles. The molecule has 0 fully saturated rings. The smallest absolute Gasteiger partial charge is 0.230 e. The van der Waals surface area contributed by atoms with Crippen LogP contribution < -0.4 is 15.8 Å². The predicted octanol–water partition coefficient (Wildman–Crippen LogP) is 1.80. The van der Waals surface area contributed by atoms with E-state index in [-0.39, 0.29) is 18.1 Å². The van der Waals surface area contributed by atoms with Crippen molar-refractivity contribution in [2.24, 2.45) is 5.73 Å². The number of ether oxygens (including phenoxy) is 1. The van der Waals surface area contributed by atoms with Gasteiger partial charge in [0.2, 0.25) is 11.8 Å². The maximum absolute atomic E-state index is 12.3. The Morgan fingerprint density at radius 2 is 2.00 bits per heavy atom. The van der Waals surface area contributed by atoms with Crippen molar-refractivity contribution in [1.29, 1.82) is 0 Å². The molecule has 0 saturated carbocycles. The molecule has 31 heavy (non-hydrogen) atoms. The molecule has 0 unspecified atom stereocenters. The number of primary amides is 1. The van der Waals surface area contributed by atoms with E-state index < -0.39 is 5.91 Å². The van der Waals surface area contributed by atoms with E-state index in [4.69, 9.17) is 14.9 Å². The Labute approximate surface area is 184 Å². The number of rotatable bonds is 12. The number of amides is 2. The van der Waals surface area contributed by atoms with Crippen molar-refractivity contribution in [2.75, 3.05) is 19.4 Å². The van der Waals surface area contributed by atoms with E-state index in [2.05, 4.69) is 15.5 Å². The summed E-state index contributed by atoms with van der Waals surface area (Å²) in [6, 6.07) is 11.4. The summed E-state index contributed by atoms with van der Waals surface area (Å²) in [6.45, 7) is 0.949. The molecule has 9 nitrogen and oxygen atoms in total. The second-order valence-corrected chi connectivity index (χ2v) is 7.71. The van der Waals surface area contributed by atoms with Crippen molar-refractivity contribution in [3.8, 4) is 5.75 Å². The summed E-state index contributed by atoms with van der Waals surface area (Å²) in [5.41, 5.74) is 6.37. The molecule has 3 rings (SSSR count). The van der Waals surface area contributed by atoms with Crippen LogP contribution in [0, 0.1) is 0 Å². The van der Waals surface area contributed by atoms with Crippen LogP contribution in [-0.2, 0) is 29.0 Å². The lowest BCUT2D eigenvalue weighted by molar-refractivity contribution is -0.119. The maximum atomic E-state index is 12.3. The van der Waals surface area contributed by atoms with Gasteiger partial charge in [-0.05, 0) is 36.2 Å². The zero-order valence-electron chi connectivity index (χ0n) is 17.2. The molecule has 2 heterocycles. The van der Waals surface area contributed by atoms with E-state index in [9.17, 15) is 9.59 Å². The van der Waals surface area contributed by atoms with E-state index in [1.54, 1.807) is 19.4 Å². The van der Waals surface area contributed by atoms with E-state index >= 15 is 0 Å². The molecule has 2 aromatic heterocycles. The first kappa shape index (κ1) is 22.4. The van der Waals surface area contributed by atoms with Crippen molar-refractivity contribution in [3.63, 3.8) is 0 Å². The SMILES string of the molecule is COc1ccc(CCNC(=O)CSc2nnc(CCC(N)=O)n2Cc2ccco2)cc1. The van der Waals surface area contributed by atoms with E-state index in [0.717, 1.165) is 23.5 Å². The summed E-state index contributed by atoms with van der Waals surface area (Å²) >= 11 is 1.29. The van der Waals surface area contributed by atoms with Gasteiger partial charge in [-0.25, -0.2) is 0 Å². The minimum absolute atomic E-state index is 0.0928. The Kier molecular flexibility index (Phi) is 8.11. The normalized spacial score (nSPS) is 10.7. The highest BCUT2D eigenvalue weighted by atomic mass is 32.2. The van der Waals surface area contributed by atoms with Crippen LogP contribution in [0.15, 0.2) is 52.2 Å². The molecule has 0 aliphatic carbocycles. The van der Waals surface area contributed by atoms with Gasteiger partial charge >= 0.3 is 0 Å². The maximum Gasteiger partial charge on any atom is 0.230 e. The third-order valence-electron chi connectivity index (χ3n) is 4.51. The van der Waals surface area contributed by atoms with Crippen molar-refractivity contribution in [3.05, 3.63) is 59.8 Å². The fourth-order valence-corrected chi connectivity index (χ4v) is 3.67. The van der Waals surface area contributed by atoms with Crippen molar-refractivity contribution < 1.29 is 18.7 Å². The second-order valence-electron chi connectivity index (χ2n) is 6.77. The Balaban J connectivity index is 1.53. The van der Waals surface area contributed by atoms with Crippen LogP contribution in [-0.4, -0.2) is 46.0 Å².